The molecule has 10 heteroatoms. The normalized spacial score (nSPS) is 12.4. The van der Waals surface area contributed by atoms with Gasteiger partial charge in [0, 0.05) is 24.2 Å². The number of nitrogens with zero attached hydrogens (tertiary/aromatic N) is 5. The molecule has 36 heavy (non-hydrogen) atoms. The van der Waals surface area contributed by atoms with Gasteiger partial charge in [-0.1, -0.05) is 0 Å². The summed E-state index contributed by atoms with van der Waals surface area (Å²) in [5, 5.41) is 10.2. The van der Waals surface area contributed by atoms with E-state index in [2.05, 4.69) is 19.9 Å². The molecule has 1 amide bonds. The largest absolute Gasteiger partial charge is 0.487 e. The Balaban J connectivity index is 1.88. The van der Waals surface area contributed by atoms with Gasteiger partial charge in [-0.25, -0.2) is 18.7 Å². The van der Waals surface area contributed by atoms with Crippen LogP contribution in [-0.4, -0.2) is 31.5 Å². The Morgan fingerprint density at radius 3 is 2.56 bits per heavy atom. The van der Waals surface area contributed by atoms with Crippen LogP contribution in [0.15, 0.2) is 60.4 Å². The van der Waals surface area contributed by atoms with Crippen LogP contribution in [0.1, 0.15) is 44.8 Å². The molecule has 3 aromatic rings. The topological polar surface area (TPSA) is 101 Å². The Morgan fingerprint density at radius 2 is 1.92 bits per heavy atom. The number of allylic oxidation sites excluding steroid dienone is 3. The van der Waals surface area contributed by atoms with Crippen LogP contribution in [-0.2, 0) is 21.7 Å². The van der Waals surface area contributed by atoms with E-state index < -0.39 is 17.2 Å². The van der Waals surface area contributed by atoms with E-state index in [1.807, 2.05) is 6.92 Å². The molecule has 0 radical (unpaired) electrons. The number of hydrogen-bond donors (Lipinski definition) is 1. The first-order valence-corrected chi connectivity index (χ1v) is 11.1. The highest BCUT2D eigenvalue weighted by Gasteiger charge is 2.21. The summed E-state index contributed by atoms with van der Waals surface area (Å²) in [4.78, 5) is 30.2. The molecule has 188 valence electrons. The first-order valence-electron chi connectivity index (χ1n) is 11.1. The summed E-state index contributed by atoms with van der Waals surface area (Å²) in [6.07, 6.45) is 8.00. The molecule has 0 unspecified atom stereocenters. The van der Waals surface area contributed by atoms with Crippen LogP contribution in [0.4, 0.5) is 14.5 Å². The first kappa shape index (κ1) is 26.6. The number of rotatable bonds is 9. The molecular weight excluding hydrogens is 468 g/mol. The highest BCUT2D eigenvalue weighted by molar-refractivity contribution is 5.82. The van der Waals surface area contributed by atoms with Gasteiger partial charge in [0.15, 0.2) is 11.6 Å². The lowest BCUT2D eigenvalue weighted by molar-refractivity contribution is -0.107. The van der Waals surface area contributed by atoms with E-state index in [0.29, 0.717) is 34.9 Å². The Morgan fingerprint density at radius 1 is 1.17 bits per heavy atom. The Kier molecular flexibility index (Phi) is 8.21. The minimum absolute atomic E-state index is 0.0426. The number of aryl methyl sites for hydroxylation is 1. The van der Waals surface area contributed by atoms with Crippen molar-refractivity contribution < 1.29 is 23.4 Å². The minimum atomic E-state index is -1.23. The number of aliphatic hydroxyl groups is 1. The van der Waals surface area contributed by atoms with Gasteiger partial charge in [0.1, 0.15) is 29.5 Å². The third-order valence-corrected chi connectivity index (χ3v) is 5.18. The van der Waals surface area contributed by atoms with E-state index in [-0.39, 0.29) is 18.1 Å². The van der Waals surface area contributed by atoms with Crippen LogP contribution < -0.4 is 4.90 Å². The number of pyridine rings is 2. The number of amides is 1. The molecule has 0 bridgehead atoms. The van der Waals surface area contributed by atoms with Crippen molar-refractivity contribution in [3.63, 3.8) is 0 Å². The standard InChI is InChI=1S/C26H27F2N5O3/c1-6-19(36-14-23-20(28)10-18(27)13-31-23)9-17(3)33(15-34)24-11-22(30-12-16(24)2)21-7-8-29-25(32-21)26(4,5)35/h6-13,15,35H,14H2,1-5H3/b17-9-,19-6+. The summed E-state index contributed by atoms with van der Waals surface area (Å²) in [5.74, 6) is -0.972. The van der Waals surface area contributed by atoms with Gasteiger partial charge < -0.3 is 9.84 Å². The van der Waals surface area contributed by atoms with E-state index in [1.165, 1.54) is 11.1 Å². The lowest BCUT2D eigenvalue weighted by atomic mass is 10.1. The fourth-order valence-corrected chi connectivity index (χ4v) is 3.22. The van der Waals surface area contributed by atoms with Gasteiger partial charge in [-0.05, 0) is 64.5 Å². The minimum Gasteiger partial charge on any atom is -0.487 e. The van der Waals surface area contributed by atoms with Crippen LogP contribution in [0.25, 0.3) is 11.4 Å². The van der Waals surface area contributed by atoms with Crippen molar-refractivity contribution in [2.24, 2.45) is 0 Å². The van der Waals surface area contributed by atoms with Gasteiger partial charge in [0.05, 0.1) is 23.3 Å². The molecule has 0 spiro atoms. The molecule has 3 heterocycles. The number of carbonyl (C=O) groups is 1. The van der Waals surface area contributed by atoms with E-state index >= 15 is 0 Å². The van der Waals surface area contributed by atoms with Crippen molar-refractivity contribution in [2.75, 3.05) is 4.90 Å². The molecule has 0 saturated carbocycles. The second-order valence-electron chi connectivity index (χ2n) is 8.50. The quantitative estimate of drug-likeness (QED) is 0.260. The molecule has 3 aromatic heterocycles. The molecule has 0 aliphatic carbocycles. The fraction of sp³-hybridized carbons (Fsp3) is 0.269. The molecule has 0 aliphatic heterocycles. The number of halogens is 2. The maximum absolute atomic E-state index is 13.9. The molecule has 0 atom stereocenters. The van der Waals surface area contributed by atoms with Gasteiger partial charge in [0.2, 0.25) is 6.41 Å². The van der Waals surface area contributed by atoms with Crippen molar-refractivity contribution in [2.45, 2.75) is 46.8 Å². The Bertz CT molecular complexity index is 1320. The molecule has 1 N–H and O–H groups in total. The van der Waals surface area contributed by atoms with Crippen LogP contribution in [0.3, 0.4) is 0 Å². The van der Waals surface area contributed by atoms with Crippen LogP contribution >= 0.6 is 0 Å². The molecule has 0 saturated heterocycles. The summed E-state index contributed by atoms with van der Waals surface area (Å²) < 4.78 is 32.6. The number of ether oxygens (including phenoxy) is 1. The van der Waals surface area contributed by atoms with Gasteiger partial charge >= 0.3 is 0 Å². The zero-order valence-corrected chi connectivity index (χ0v) is 20.7. The molecule has 8 nitrogen and oxygen atoms in total. The van der Waals surface area contributed by atoms with E-state index in [1.54, 1.807) is 58.2 Å². The number of aromatic nitrogens is 4. The maximum Gasteiger partial charge on any atom is 0.218 e. The number of hydrogen-bond acceptors (Lipinski definition) is 7. The van der Waals surface area contributed by atoms with Gasteiger partial charge in [-0.15, -0.1) is 0 Å². The third-order valence-electron chi connectivity index (χ3n) is 5.18. The highest BCUT2D eigenvalue weighted by Crippen LogP contribution is 2.28. The molecule has 0 aromatic carbocycles. The molecular formula is C26H27F2N5O3. The lowest BCUT2D eigenvalue weighted by Gasteiger charge is -2.22. The van der Waals surface area contributed by atoms with Crippen molar-refractivity contribution in [1.29, 1.82) is 0 Å². The SMILES string of the molecule is C/C=C(\C=C(\C)N(C=O)c1cc(-c2ccnc(C(C)(C)O)n2)ncc1C)OCc1ncc(F)cc1F. The van der Waals surface area contributed by atoms with Crippen molar-refractivity contribution in [3.8, 4) is 11.4 Å². The smallest absolute Gasteiger partial charge is 0.218 e. The monoisotopic (exact) mass is 495 g/mol. The summed E-state index contributed by atoms with van der Waals surface area (Å²) >= 11 is 0. The second-order valence-corrected chi connectivity index (χ2v) is 8.50. The summed E-state index contributed by atoms with van der Waals surface area (Å²) in [6, 6.07) is 4.12. The van der Waals surface area contributed by atoms with Gasteiger partial charge in [-0.2, -0.15) is 0 Å². The maximum atomic E-state index is 13.9. The molecule has 0 fully saturated rings. The highest BCUT2D eigenvalue weighted by atomic mass is 19.1. The van der Waals surface area contributed by atoms with Crippen LogP contribution in [0, 0.1) is 18.6 Å². The zero-order valence-electron chi connectivity index (χ0n) is 20.7. The van der Waals surface area contributed by atoms with E-state index in [9.17, 15) is 18.7 Å². The van der Waals surface area contributed by atoms with E-state index in [4.69, 9.17) is 4.74 Å². The van der Waals surface area contributed by atoms with Gasteiger partial charge in [0.25, 0.3) is 0 Å². The number of carbonyl (C=O) groups excluding carboxylic acids is 1. The average molecular weight is 496 g/mol. The summed E-state index contributed by atoms with van der Waals surface area (Å²) in [5.41, 5.74) is 1.52. The fourth-order valence-electron chi connectivity index (χ4n) is 3.22. The zero-order chi connectivity index (χ0) is 26.5. The molecule has 0 aliphatic rings. The average Bonchev–Trinajstić information content (AvgIpc) is 2.83. The first-order chi connectivity index (χ1) is 17.0. The number of anilines is 1. The van der Waals surface area contributed by atoms with Crippen LogP contribution in [0.2, 0.25) is 0 Å². The molecule has 3 rings (SSSR count). The van der Waals surface area contributed by atoms with Crippen molar-refractivity contribution in [1.82, 2.24) is 19.9 Å². The van der Waals surface area contributed by atoms with Crippen molar-refractivity contribution in [3.05, 3.63) is 89.1 Å². The van der Waals surface area contributed by atoms with Gasteiger partial charge in [-0.3, -0.25) is 19.7 Å². The predicted octanol–water partition coefficient (Wildman–Crippen LogP) is 4.73. The third kappa shape index (κ3) is 6.33. The Labute approximate surface area is 208 Å². The Hall–Kier alpha value is -4.05. The summed E-state index contributed by atoms with van der Waals surface area (Å²) in [7, 11) is 0. The second kappa shape index (κ2) is 11.1. The summed E-state index contributed by atoms with van der Waals surface area (Å²) in [6.45, 7) is 8.21. The lowest BCUT2D eigenvalue weighted by Crippen LogP contribution is -2.21. The van der Waals surface area contributed by atoms with Crippen LogP contribution in [0.5, 0.6) is 0 Å². The van der Waals surface area contributed by atoms with Crippen molar-refractivity contribution >= 4 is 12.1 Å². The predicted molar refractivity (Wildman–Crippen MR) is 130 cm³/mol. The van der Waals surface area contributed by atoms with E-state index in [0.717, 1.165) is 17.8 Å².